The van der Waals surface area contributed by atoms with Crippen LogP contribution < -0.4 is 5.32 Å². The van der Waals surface area contributed by atoms with Crippen LogP contribution in [-0.2, 0) is 19.5 Å². The molecule has 1 aromatic heterocycles. The lowest BCUT2D eigenvalue weighted by Gasteiger charge is -2.25. The van der Waals surface area contributed by atoms with Crippen LogP contribution in [0.4, 0.5) is 0 Å². The number of nitrogens with one attached hydrogen (secondary N) is 1. The van der Waals surface area contributed by atoms with Gasteiger partial charge in [0.1, 0.15) is 5.01 Å². The second kappa shape index (κ2) is 5.87. The van der Waals surface area contributed by atoms with Crippen LogP contribution in [0.5, 0.6) is 0 Å². The van der Waals surface area contributed by atoms with E-state index in [9.17, 15) is 0 Å². The molecule has 4 heteroatoms. The van der Waals surface area contributed by atoms with E-state index < -0.39 is 0 Å². The van der Waals surface area contributed by atoms with Crippen LogP contribution in [0.2, 0.25) is 0 Å². The summed E-state index contributed by atoms with van der Waals surface area (Å²) in [5.41, 5.74) is 2.76. The van der Waals surface area contributed by atoms with Crippen molar-refractivity contribution >= 4 is 11.3 Å². The Morgan fingerprint density at radius 3 is 3.00 bits per heavy atom. The predicted molar refractivity (Wildman–Crippen MR) is 86.4 cm³/mol. The van der Waals surface area contributed by atoms with Gasteiger partial charge in [0, 0.05) is 30.9 Å². The van der Waals surface area contributed by atoms with Gasteiger partial charge in [-0.05, 0) is 24.9 Å². The average molecular weight is 299 g/mol. The highest BCUT2D eigenvalue weighted by molar-refractivity contribution is 7.11. The van der Waals surface area contributed by atoms with E-state index in [1.54, 1.807) is 0 Å². The van der Waals surface area contributed by atoms with E-state index in [1.165, 1.54) is 34.0 Å². The third kappa shape index (κ3) is 2.89. The highest BCUT2D eigenvalue weighted by atomic mass is 32.1. The number of rotatable bonds is 3. The van der Waals surface area contributed by atoms with Crippen LogP contribution >= 0.6 is 11.3 Å². The van der Waals surface area contributed by atoms with Crippen molar-refractivity contribution in [1.82, 2.24) is 15.2 Å². The molecule has 3 nitrogen and oxygen atoms in total. The Bertz CT molecular complexity index is 602. The minimum absolute atomic E-state index is 0.517. The van der Waals surface area contributed by atoms with Gasteiger partial charge in [-0.2, -0.15) is 0 Å². The molecular weight excluding hydrogens is 278 g/mol. The Kier molecular flexibility index (Phi) is 3.76. The fourth-order valence-corrected chi connectivity index (χ4v) is 4.55. The van der Waals surface area contributed by atoms with E-state index in [0.717, 1.165) is 32.6 Å². The molecular formula is C17H21N3S. The minimum Gasteiger partial charge on any atom is -0.308 e. The van der Waals surface area contributed by atoms with E-state index in [2.05, 4.69) is 40.5 Å². The lowest BCUT2D eigenvalue weighted by Crippen LogP contribution is -2.29. The molecule has 2 aliphatic heterocycles. The van der Waals surface area contributed by atoms with E-state index in [4.69, 9.17) is 4.98 Å². The first-order valence-corrected chi connectivity index (χ1v) is 8.68. The van der Waals surface area contributed by atoms with Crippen molar-refractivity contribution in [3.05, 3.63) is 51.5 Å². The van der Waals surface area contributed by atoms with Gasteiger partial charge in [-0.25, -0.2) is 4.98 Å². The van der Waals surface area contributed by atoms with E-state index in [0.29, 0.717) is 6.04 Å². The molecule has 110 valence electrons. The third-order valence-electron chi connectivity index (χ3n) is 4.43. The van der Waals surface area contributed by atoms with Crippen LogP contribution in [0.25, 0.3) is 0 Å². The maximum absolute atomic E-state index is 4.90. The number of nitrogens with zero attached hydrogens (tertiary/aromatic N) is 2. The normalized spacial score (nSPS) is 22.4. The maximum Gasteiger partial charge on any atom is 0.110 e. The Morgan fingerprint density at radius 1 is 1.29 bits per heavy atom. The van der Waals surface area contributed by atoms with Gasteiger partial charge in [-0.1, -0.05) is 30.3 Å². The standard InChI is InChI=1S/C17H21N3S/c1-2-5-13(6-3-1)11-20-10-8-14-16(12-20)21-17(19-14)15-7-4-9-18-15/h1-3,5-6,15,18H,4,7-12H2. The van der Waals surface area contributed by atoms with Crippen molar-refractivity contribution in [2.24, 2.45) is 0 Å². The Labute approximate surface area is 130 Å². The molecule has 1 fully saturated rings. The fourth-order valence-electron chi connectivity index (χ4n) is 3.29. The van der Waals surface area contributed by atoms with Crippen LogP contribution in [0.3, 0.4) is 0 Å². The summed E-state index contributed by atoms with van der Waals surface area (Å²) in [6.45, 7) is 4.39. The van der Waals surface area contributed by atoms with Gasteiger partial charge in [-0.15, -0.1) is 11.3 Å². The smallest absolute Gasteiger partial charge is 0.110 e. The van der Waals surface area contributed by atoms with E-state index >= 15 is 0 Å². The number of thiazole rings is 1. The Balaban J connectivity index is 1.47. The summed E-state index contributed by atoms with van der Waals surface area (Å²) in [7, 11) is 0. The first kappa shape index (κ1) is 13.4. The summed E-state index contributed by atoms with van der Waals surface area (Å²) in [5, 5.41) is 4.89. The van der Waals surface area contributed by atoms with E-state index in [-0.39, 0.29) is 0 Å². The van der Waals surface area contributed by atoms with Gasteiger partial charge in [0.15, 0.2) is 0 Å². The summed E-state index contributed by atoms with van der Waals surface area (Å²) in [6.07, 6.45) is 3.64. The number of hydrogen-bond donors (Lipinski definition) is 1. The zero-order valence-corrected chi connectivity index (χ0v) is 13.0. The molecule has 0 bridgehead atoms. The topological polar surface area (TPSA) is 28.2 Å². The van der Waals surface area contributed by atoms with E-state index in [1.807, 2.05) is 11.3 Å². The molecule has 1 N–H and O–H groups in total. The monoisotopic (exact) mass is 299 g/mol. The summed E-state index contributed by atoms with van der Waals surface area (Å²) >= 11 is 1.93. The molecule has 1 aromatic carbocycles. The van der Waals surface area contributed by atoms with Crippen LogP contribution in [0.15, 0.2) is 30.3 Å². The highest BCUT2D eigenvalue weighted by Crippen LogP contribution is 2.32. The maximum atomic E-state index is 4.90. The molecule has 1 saturated heterocycles. The lowest BCUT2D eigenvalue weighted by molar-refractivity contribution is 0.247. The van der Waals surface area contributed by atoms with Gasteiger partial charge in [0.2, 0.25) is 0 Å². The Morgan fingerprint density at radius 2 is 2.19 bits per heavy atom. The zero-order valence-electron chi connectivity index (χ0n) is 12.2. The predicted octanol–water partition coefficient (Wildman–Crippen LogP) is 3.13. The molecule has 2 aromatic rings. The number of hydrogen-bond acceptors (Lipinski definition) is 4. The molecule has 0 saturated carbocycles. The fraction of sp³-hybridized carbons (Fsp3) is 0.471. The van der Waals surface area contributed by atoms with Crippen molar-refractivity contribution in [1.29, 1.82) is 0 Å². The molecule has 1 unspecified atom stereocenters. The average Bonchev–Trinajstić information content (AvgIpc) is 3.17. The van der Waals surface area contributed by atoms with Crippen molar-refractivity contribution < 1.29 is 0 Å². The van der Waals surface area contributed by atoms with Crippen LogP contribution in [-0.4, -0.2) is 23.0 Å². The quantitative estimate of drug-likeness (QED) is 0.944. The summed E-state index contributed by atoms with van der Waals surface area (Å²) in [6, 6.07) is 11.3. The third-order valence-corrected chi connectivity index (χ3v) is 5.63. The number of aromatic nitrogens is 1. The lowest BCUT2D eigenvalue weighted by atomic mass is 10.1. The summed E-state index contributed by atoms with van der Waals surface area (Å²) < 4.78 is 0. The van der Waals surface area contributed by atoms with Crippen LogP contribution in [0.1, 0.15) is 40.0 Å². The molecule has 3 heterocycles. The minimum atomic E-state index is 0.517. The molecule has 1 atom stereocenters. The largest absolute Gasteiger partial charge is 0.308 e. The summed E-state index contributed by atoms with van der Waals surface area (Å²) in [5.74, 6) is 0. The second-order valence-electron chi connectivity index (χ2n) is 6.02. The second-order valence-corrected chi connectivity index (χ2v) is 7.13. The van der Waals surface area contributed by atoms with Gasteiger partial charge in [-0.3, -0.25) is 4.90 Å². The number of fused-ring (bicyclic) bond motifs is 1. The molecule has 4 rings (SSSR count). The first-order chi connectivity index (χ1) is 10.4. The summed E-state index contributed by atoms with van der Waals surface area (Å²) in [4.78, 5) is 8.93. The zero-order chi connectivity index (χ0) is 14.1. The van der Waals surface area contributed by atoms with Crippen molar-refractivity contribution in [3.63, 3.8) is 0 Å². The van der Waals surface area contributed by atoms with Gasteiger partial charge >= 0.3 is 0 Å². The molecule has 21 heavy (non-hydrogen) atoms. The molecule has 2 aliphatic rings. The van der Waals surface area contributed by atoms with Gasteiger partial charge in [0.05, 0.1) is 11.7 Å². The van der Waals surface area contributed by atoms with Gasteiger partial charge < -0.3 is 5.32 Å². The molecule has 0 radical (unpaired) electrons. The van der Waals surface area contributed by atoms with Crippen molar-refractivity contribution in [3.8, 4) is 0 Å². The molecule has 0 aliphatic carbocycles. The highest BCUT2D eigenvalue weighted by Gasteiger charge is 2.25. The van der Waals surface area contributed by atoms with Crippen LogP contribution in [0, 0.1) is 0 Å². The van der Waals surface area contributed by atoms with Crippen molar-refractivity contribution in [2.45, 2.75) is 38.4 Å². The number of benzene rings is 1. The van der Waals surface area contributed by atoms with Gasteiger partial charge in [0.25, 0.3) is 0 Å². The first-order valence-electron chi connectivity index (χ1n) is 7.86. The molecule has 0 spiro atoms. The Hall–Kier alpha value is -1.23. The van der Waals surface area contributed by atoms with Crippen molar-refractivity contribution in [2.75, 3.05) is 13.1 Å². The SMILES string of the molecule is c1ccc(CN2CCc3nc(C4CCCN4)sc3C2)cc1. The molecule has 0 amide bonds.